The first-order valence-electron chi connectivity index (χ1n) is 7.78. The van der Waals surface area contributed by atoms with E-state index >= 15 is 0 Å². The van der Waals surface area contributed by atoms with Crippen molar-refractivity contribution in [1.29, 1.82) is 5.26 Å². The molecule has 2 aliphatic rings. The van der Waals surface area contributed by atoms with E-state index in [0.717, 1.165) is 24.7 Å². The van der Waals surface area contributed by atoms with Crippen molar-refractivity contribution in [3.63, 3.8) is 0 Å². The molecule has 0 aromatic rings. The second-order valence-corrected chi connectivity index (χ2v) is 6.39. The van der Waals surface area contributed by atoms with Gasteiger partial charge in [0, 0.05) is 0 Å². The summed E-state index contributed by atoms with van der Waals surface area (Å²) in [5.41, 5.74) is 0. The van der Waals surface area contributed by atoms with Crippen LogP contribution in [-0.4, -0.2) is 12.2 Å². The molecule has 2 heteroatoms. The normalized spacial score (nSPS) is 41.3. The van der Waals surface area contributed by atoms with Crippen LogP contribution in [0.4, 0.5) is 0 Å². The third kappa shape index (κ3) is 3.48. The van der Waals surface area contributed by atoms with Crippen LogP contribution in [0.1, 0.15) is 65.2 Å². The second kappa shape index (κ2) is 6.57. The van der Waals surface area contributed by atoms with Crippen molar-refractivity contribution in [2.24, 2.45) is 17.8 Å². The van der Waals surface area contributed by atoms with Crippen molar-refractivity contribution >= 4 is 0 Å². The molecule has 0 aliphatic heterocycles. The van der Waals surface area contributed by atoms with Gasteiger partial charge in [0.1, 0.15) is 0 Å². The van der Waals surface area contributed by atoms with Gasteiger partial charge in [0.2, 0.25) is 0 Å². The number of ether oxygens (including phenoxy) is 1. The fourth-order valence-corrected chi connectivity index (χ4v) is 3.63. The Kier molecular flexibility index (Phi) is 5.06. The smallest absolute Gasteiger partial charge is 0.0739 e. The van der Waals surface area contributed by atoms with E-state index in [2.05, 4.69) is 19.9 Å². The van der Waals surface area contributed by atoms with Gasteiger partial charge in [-0.05, 0) is 43.9 Å². The minimum Gasteiger partial charge on any atom is -0.374 e. The molecule has 0 N–H and O–H groups in total. The van der Waals surface area contributed by atoms with Gasteiger partial charge in [-0.15, -0.1) is 0 Å². The van der Waals surface area contributed by atoms with Gasteiger partial charge in [-0.1, -0.05) is 33.1 Å². The van der Waals surface area contributed by atoms with Crippen molar-refractivity contribution in [3.05, 3.63) is 0 Å². The predicted octanol–water partition coefficient (Wildman–Crippen LogP) is 4.30. The van der Waals surface area contributed by atoms with E-state index in [9.17, 15) is 5.26 Å². The molecule has 2 saturated carbocycles. The lowest BCUT2D eigenvalue weighted by Crippen LogP contribution is -2.35. The zero-order valence-electron chi connectivity index (χ0n) is 11.9. The van der Waals surface area contributed by atoms with E-state index in [1.807, 2.05) is 0 Å². The summed E-state index contributed by atoms with van der Waals surface area (Å²) >= 11 is 0. The average molecular weight is 249 g/mol. The maximum absolute atomic E-state index is 9.27. The summed E-state index contributed by atoms with van der Waals surface area (Å²) in [6.45, 7) is 4.59. The van der Waals surface area contributed by atoms with Gasteiger partial charge in [-0.2, -0.15) is 5.26 Å². The summed E-state index contributed by atoms with van der Waals surface area (Å²) in [4.78, 5) is 0. The number of hydrogen-bond donors (Lipinski definition) is 0. The van der Waals surface area contributed by atoms with Crippen LogP contribution in [-0.2, 0) is 4.74 Å². The first-order chi connectivity index (χ1) is 8.72. The Morgan fingerprint density at radius 2 is 2.00 bits per heavy atom. The Bertz CT molecular complexity index is 296. The van der Waals surface area contributed by atoms with Gasteiger partial charge in [-0.25, -0.2) is 0 Å². The minimum absolute atomic E-state index is 0.144. The Morgan fingerprint density at radius 3 is 2.67 bits per heavy atom. The van der Waals surface area contributed by atoms with Crippen LogP contribution in [0.3, 0.4) is 0 Å². The molecule has 0 radical (unpaired) electrons. The molecule has 0 aromatic carbocycles. The molecule has 0 heterocycles. The van der Waals surface area contributed by atoms with Crippen LogP contribution in [0.25, 0.3) is 0 Å². The highest BCUT2D eigenvalue weighted by atomic mass is 16.5. The zero-order valence-corrected chi connectivity index (χ0v) is 11.9. The minimum atomic E-state index is 0.144. The van der Waals surface area contributed by atoms with Crippen LogP contribution >= 0.6 is 0 Å². The quantitative estimate of drug-likeness (QED) is 0.747. The molecule has 0 amide bonds. The molecule has 2 rings (SSSR count). The SMILES string of the molecule is CCC1CCC(C#N)C(OC2CCCC(C)C2)C1. The maximum atomic E-state index is 9.27. The van der Waals surface area contributed by atoms with Crippen LogP contribution in [0.15, 0.2) is 0 Å². The highest BCUT2D eigenvalue weighted by molar-refractivity contribution is 4.94. The standard InChI is InChI=1S/C16H27NO/c1-3-13-7-8-14(11-17)16(10-13)18-15-6-4-5-12(2)9-15/h12-16H,3-10H2,1-2H3. The molecule has 2 fully saturated rings. The lowest BCUT2D eigenvalue weighted by Gasteiger charge is -2.37. The van der Waals surface area contributed by atoms with Crippen LogP contribution < -0.4 is 0 Å². The van der Waals surface area contributed by atoms with E-state index in [4.69, 9.17) is 4.74 Å². The molecule has 0 saturated heterocycles. The topological polar surface area (TPSA) is 33.0 Å². The van der Waals surface area contributed by atoms with Gasteiger partial charge in [0.15, 0.2) is 0 Å². The summed E-state index contributed by atoms with van der Waals surface area (Å²) < 4.78 is 6.32. The van der Waals surface area contributed by atoms with Crippen LogP contribution in [0.2, 0.25) is 0 Å². The van der Waals surface area contributed by atoms with Gasteiger partial charge in [0.25, 0.3) is 0 Å². The van der Waals surface area contributed by atoms with Crippen molar-refractivity contribution < 1.29 is 4.74 Å². The average Bonchev–Trinajstić information content (AvgIpc) is 2.38. The first kappa shape index (κ1) is 13.9. The van der Waals surface area contributed by atoms with E-state index in [-0.39, 0.29) is 12.0 Å². The molecule has 102 valence electrons. The van der Waals surface area contributed by atoms with E-state index in [1.54, 1.807) is 0 Å². The molecule has 5 unspecified atom stereocenters. The largest absolute Gasteiger partial charge is 0.374 e. The molecule has 5 atom stereocenters. The monoisotopic (exact) mass is 249 g/mol. The fraction of sp³-hybridized carbons (Fsp3) is 0.938. The Labute approximate surface area is 112 Å². The van der Waals surface area contributed by atoms with E-state index < -0.39 is 0 Å². The van der Waals surface area contributed by atoms with E-state index in [1.165, 1.54) is 38.5 Å². The molecular weight excluding hydrogens is 222 g/mol. The van der Waals surface area contributed by atoms with Gasteiger partial charge >= 0.3 is 0 Å². The summed E-state index contributed by atoms with van der Waals surface area (Å²) in [5.74, 6) is 1.72. The van der Waals surface area contributed by atoms with Crippen LogP contribution in [0, 0.1) is 29.1 Å². The van der Waals surface area contributed by atoms with Gasteiger partial charge < -0.3 is 4.74 Å². The molecule has 18 heavy (non-hydrogen) atoms. The van der Waals surface area contributed by atoms with E-state index in [0.29, 0.717) is 6.10 Å². The predicted molar refractivity (Wildman–Crippen MR) is 73.0 cm³/mol. The molecule has 0 aromatic heterocycles. The summed E-state index contributed by atoms with van der Waals surface area (Å²) in [6.07, 6.45) is 10.3. The summed E-state index contributed by atoms with van der Waals surface area (Å²) in [5, 5.41) is 9.27. The lowest BCUT2D eigenvalue weighted by molar-refractivity contribution is -0.0770. The second-order valence-electron chi connectivity index (χ2n) is 6.39. The summed E-state index contributed by atoms with van der Waals surface area (Å²) in [6, 6.07) is 2.47. The number of rotatable bonds is 3. The molecule has 2 aliphatic carbocycles. The molecule has 2 nitrogen and oxygen atoms in total. The van der Waals surface area contributed by atoms with Crippen molar-refractivity contribution in [2.45, 2.75) is 77.4 Å². The molecule has 0 bridgehead atoms. The third-order valence-electron chi connectivity index (χ3n) is 4.90. The number of hydrogen-bond acceptors (Lipinski definition) is 2. The maximum Gasteiger partial charge on any atom is 0.0739 e. The Balaban J connectivity index is 1.90. The van der Waals surface area contributed by atoms with Crippen molar-refractivity contribution in [2.75, 3.05) is 0 Å². The Morgan fingerprint density at radius 1 is 1.17 bits per heavy atom. The fourth-order valence-electron chi connectivity index (χ4n) is 3.63. The van der Waals surface area contributed by atoms with Gasteiger partial charge in [0.05, 0.1) is 24.2 Å². The van der Waals surface area contributed by atoms with Crippen molar-refractivity contribution in [1.82, 2.24) is 0 Å². The van der Waals surface area contributed by atoms with Crippen LogP contribution in [0.5, 0.6) is 0 Å². The number of nitrogens with zero attached hydrogens (tertiary/aromatic N) is 1. The van der Waals surface area contributed by atoms with Crippen molar-refractivity contribution in [3.8, 4) is 6.07 Å². The summed E-state index contributed by atoms with van der Waals surface area (Å²) in [7, 11) is 0. The molecular formula is C16H27NO. The third-order valence-corrected chi connectivity index (χ3v) is 4.90. The Hall–Kier alpha value is -0.550. The number of nitriles is 1. The highest BCUT2D eigenvalue weighted by Crippen LogP contribution is 2.35. The first-order valence-corrected chi connectivity index (χ1v) is 7.78. The van der Waals surface area contributed by atoms with Gasteiger partial charge in [-0.3, -0.25) is 0 Å². The highest BCUT2D eigenvalue weighted by Gasteiger charge is 2.33. The zero-order chi connectivity index (χ0) is 13.0. The molecule has 0 spiro atoms. The lowest BCUT2D eigenvalue weighted by atomic mass is 9.79.